The van der Waals surface area contributed by atoms with Crippen LogP contribution in [0, 0.1) is 18.6 Å². The summed E-state index contributed by atoms with van der Waals surface area (Å²) in [6, 6.07) is 15.9. The van der Waals surface area contributed by atoms with Crippen molar-refractivity contribution < 1.29 is 47.1 Å². The van der Waals surface area contributed by atoms with E-state index in [9.17, 15) is 23.5 Å². The SMILES string of the molecule is CSCC[C@H](NC(=O)c1ccc(CN(Cc2cc(F)cc(F)c2)C2CCOCC2)cc1-c1ccccc1C)C(=O)[O-].[Li+]. The maximum atomic E-state index is 14.0. The third-order valence-electron chi connectivity index (χ3n) is 7.37. The van der Waals surface area contributed by atoms with Gasteiger partial charge in [0.05, 0.1) is 12.0 Å². The van der Waals surface area contributed by atoms with Gasteiger partial charge < -0.3 is 20.0 Å². The van der Waals surface area contributed by atoms with Gasteiger partial charge in [-0.05, 0) is 90.3 Å². The number of carboxylic acid groups (broad SMARTS) is 1. The average molecular weight is 589 g/mol. The number of hydrogen-bond acceptors (Lipinski definition) is 6. The molecule has 1 N–H and O–H groups in total. The quantitative estimate of drug-likeness (QED) is 0.325. The molecule has 0 aliphatic carbocycles. The van der Waals surface area contributed by atoms with Gasteiger partial charge in [-0.25, -0.2) is 8.78 Å². The van der Waals surface area contributed by atoms with Gasteiger partial charge in [0.1, 0.15) is 11.6 Å². The first-order chi connectivity index (χ1) is 19.7. The second kappa shape index (κ2) is 16.2. The Kier molecular flexibility index (Phi) is 13.1. The van der Waals surface area contributed by atoms with Gasteiger partial charge in [-0.2, -0.15) is 11.8 Å². The zero-order valence-electron chi connectivity index (χ0n) is 24.3. The Morgan fingerprint density at radius 2 is 1.67 bits per heavy atom. The molecule has 1 amide bonds. The van der Waals surface area contributed by atoms with Gasteiger partial charge in [-0.1, -0.05) is 30.3 Å². The fourth-order valence-corrected chi connectivity index (χ4v) is 5.71. The number of hydrogen-bond donors (Lipinski definition) is 1. The van der Waals surface area contributed by atoms with E-state index in [2.05, 4.69) is 10.2 Å². The van der Waals surface area contributed by atoms with Crippen LogP contribution in [0.5, 0.6) is 0 Å². The molecule has 1 fully saturated rings. The number of ether oxygens (including phenoxy) is 1. The molecule has 0 saturated carbocycles. The first-order valence-corrected chi connectivity index (χ1v) is 15.1. The molecular weight excluding hydrogens is 553 g/mol. The van der Waals surface area contributed by atoms with Gasteiger partial charge in [-0.3, -0.25) is 9.69 Å². The van der Waals surface area contributed by atoms with Gasteiger partial charge in [0, 0.05) is 44.0 Å². The van der Waals surface area contributed by atoms with Crippen LogP contribution >= 0.6 is 11.8 Å². The predicted octanol–water partition coefficient (Wildman–Crippen LogP) is 1.73. The largest absolute Gasteiger partial charge is 1.00 e. The molecule has 4 rings (SSSR count). The molecule has 1 atom stereocenters. The summed E-state index contributed by atoms with van der Waals surface area (Å²) in [6.07, 6.45) is 3.72. The molecule has 3 aromatic rings. The number of carboxylic acids is 1. The van der Waals surface area contributed by atoms with Crippen LogP contribution in [0.4, 0.5) is 8.78 Å². The molecule has 42 heavy (non-hydrogen) atoms. The first kappa shape index (κ1) is 33.8. The molecule has 6 nitrogen and oxygen atoms in total. The van der Waals surface area contributed by atoms with Crippen LogP contribution in [0.3, 0.4) is 0 Å². The minimum atomic E-state index is -1.32. The van der Waals surface area contributed by atoms with Gasteiger partial charge in [-0.15, -0.1) is 0 Å². The summed E-state index contributed by atoms with van der Waals surface area (Å²) in [6.45, 7) is 4.02. The third-order valence-corrected chi connectivity index (χ3v) is 8.01. The number of thioether (sulfide) groups is 1. The monoisotopic (exact) mass is 588 g/mol. The molecule has 0 aromatic heterocycles. The second-order valence-corrected chi connectivity index (χ2v) is 11.3. The van der Waals surface area contributed by atoms with E-state index < -0.39 is 29.6 Å². The van der Waals surface area contributed by atoms with E-state index in [0.29, 0.717) is 48.7 Å². The van der Waals surface area contributed by atoms with Crippen LogP contribution in [0.15, 0.2) is 60.7 Å². The molecule has 1 aliphatic rings. The molecule has 10 heteroatoms. The van der Waals surface area contributed by atoms with E-state index in [1.54, 1.807) is 6.07 Å². The van der Waals surface area contributed by atoms with Crippen molar-refractivity contribution >= 4 is 23.6 Å². The summed E-state index contributed by atoms with van der Waals surface area (Å²) in [4.78, 5) is 27.3. The molecule has 1 aliphatic heterocycles. The number of aryl methyl sites for hydroxylation is 1. The fraction of sp³-hybridized carbons (Fsp3) is 0.375. The molecule has 0 radical (unpaired) electrons. The van der Waals surface area contributed by atoms with Crippen molar-refractivity contribution in [1.82, 2.24) is 10.2 Å². The summed E-state index contributed by atoms with van der Waals surface area (Å²) in [5.41, 5.74) is 4.34. The Balaban J connectivity index is 0.00000484. The van der Waals surface area contributed by atoms with Crippen molar-refractivity contribution in [2.45, 2.75) is 51.4 Å². The van der Waals surface area contributed by atoms with Gasteiger partial charge in [0.2, 0.25) is 0 Å². The van der Waals surface area contributed by atoms with Crippen LogP contribution in [-0.4, -0.2) is 54.1 Å². The average Bonchev–Trinajstić information content (AvgIpc) is 2.95. The minimum Gasteiger partial charge on any atom is -0.548 e. The van der Waals surface area contributed by atoms with E-state index in [1.807, 2.05) is 49.6 Å². The van der Waals surface area contributed by atoms with Crippen LogP contribution in [0.2, 0.25) is 0 Å². The van der Waals surface area contributed by atoms with Crippen molar-refractivity contribution in [1.29, 1.82) is 0 Å². The van der Waals surface area contributed by atoms with E-state index >= 15 is 0 Å². The van der Waals surface area contributed by atoms with Crippen LogP contribution in [-0.2, 0) is 22.6 Å². The Bertz CT molecular complexity index is 1350. The fourth-order valence-electron chi connectivity index (χ4n) is 5.24. The summed E-state index contributed by atoms with van der Waals surface area (Å²) in [5.74, 6) is -2.46. The number of carbonyl (C=O) groups excluding carboxylic acids is 2. The van der Waals surface area contributed by atoms with Gasteiger partial charge in [0.15, 0.2) is 0 Å². The number of benzene rings is 3. The number of aliphatic carboxylic acids is 1. The molecular formula is C32H35F2LiN2O4S. The zero-order valence-corrected chi connectivity index (χ0v) is 25.1. The van der Waals surface area contributed by atoms with Crippen molar-refractivity contribution in [2.75, 3.05) is 25.2 Å². The number of halogens is 2. The number of carbonyl (C=O) groups is 2. The van der Waals surface area contributed by atoms with E-state index in [4.69, 9.17) is 4.74 Å². The van der Waals surface area contributed by atoms with Crippen LogP contribution in [0.25, 0.3) is 11.1 Å². The Labute approximate surface area is 262 Å². The smallest absolute Gasteiger partial charge is 0.548 e. The molecule has 1 saturated heterocycles. The van der Waals surface area contributed by atoms with Crippen molar-refractivity contribution in [2.24, 2.45) is 0 Å². The Hall–Kier alpha value is -2.67. The second-order valence-electron chi connectivity index (χ2n) is 10.3. The molecule has 1 heterocycles. The summed E-state index contributed by atoms with van der Waals surface area (Å²) in [5, 5.41) is 14.3. The summed E-state index contributed by atoms with van der Waals surface area (Å²) < 4.78 is 33.5. The van der Waals surface area contributed by atoms with Crippen molar-refractivity contribution in [3.63, 3.8) is 0 Å². The summed E-state index contributed by atoms with van der Waals surface area (Å²) >= 11 is 1.50. The standard InChI is InChI=1S/C32H36F2N2O4S.Li/c1-21-5-3-4-6-27(21)29-17-22(7-8-28(29)31(37)35-30(32(38)39)11-14-41-2)19-36(26-9-12-40-13-10-26)20-23-15-24(33)18-25(34)16-23;/h3-8,15-18,26,30H,9-14,19-20H2,1-2H3,(H,35,37)(H,38,39);/q;+1/p-1/t30-;/m0./s1. The number of amides is 1. The van der Waals surface area contributed by atoms with Crippen LogP contribution in [0.1, 0.15) is 46.3 Å². The summed E-state index contributed by atoms with van der Waals surface area (Å²) in [7, 11) is 0. The number of rotatable bonds is 12. The molecule has 218 valence electrons. The maximum absolute atomic E-state index is 14.0. The Morgan fingerprint density at radius 3 is 2.31 bits per heavy atom. The van der Waals surface area contributed by atoms with Crippen molar-refractivity contribution in [3.05, 3.63) is 94.6 Å². The van der Waals surface area contributed by atoms with Gasteiger partial charge >= 0.3 is 18.9 Å². The minimum absolute atomic E-state index is 0. The number of nitrogens with zero attached hydrogens (tertiary/aromatic N) is 1. The predicted molar refractivity (Wildman–Crippen MR) is 155 cm³/mol. The van der Waals surface area contributed by atoms with Gasteiger partial charge in [0.25, 0.3) is 5.91 Å². The normalized spacial score (nSPS) is 14.3. The maximum Gasteiger partial charge on any atom is 1.00 e. The van der Waals surface area contributed by atoms with E-state index in [1.165, 1.54) is 23.9 Å². The van der Waals surface area contributed by atoms with E-state index in [0.717, 1.165) is 35.6 Å². The Morgan fingerprint density at radius 1 is 1.00 bits per heavy atom. The molecule has 0 spiro atoms. The molecule has 0 unspecified atom stereocenters. The van der Waals surface area contributed by atoms with E-state index in [-0.39, 0.29) is 31.3 Å². The first-order valence-electron chi connectivity index (χ1n) is 13.7. The molecule has 0 bridgehead atoms. The van der Waals surface area contributed by atoms with Crippen LogP contribution < -0.4 is 29.3 Å². The third kappa shape index (κ3) is 9.16. The van der Waals surface area contributed by atoms with Crippen molar-refractivity contribution in [3.8, 4) is 11.1 Å². The molecule has 3 aromatic carbocycles. The zero-order chi connectivity index (χ0) is 29.4. The topological polar surface area (TPSA) is 81.7 Å². The number of nitrogens with one attached hydrogen (secondary N) is 1.